The summed E-state index contributed by atoms with van der Waals surface area (Å²) in [5.74, 6) is 0.169. The fraction of sp³-hybridized carbons (Fsp3) is 0.273. The molecule has 2 aromatic rings. The van der Waals surface area contributed by atoms with Crippen molar-refractivity contribution in [3.8, 4) is 17.2 Å². The number of hydrogen-bond acceptors (Lipinski definition) is 6. The molecule has 0 saturated carbocycles. The van der Waals surface area contributed by atoms with Crippen LogP contribution in [0.3, 0.4) is 0 Å². The number of hydrogen-bond donors (Lipinski definition) is 1. The number of nitrogens with zero attached hydrogens (tertiary/aromatic N) is 1. The van der Waals surface area contributed by atoms with Crippen LogP contribution in [0.5, 0.6) is 17.2 Å². The molecule has 0 fully saturated rings. The van der Waals surface area contributed by atoms with Gasteiger partial charge in [-0.3, -0.25) is 9.78 Å². The number of ether oxygens (including phenoxy) is 3. The van der Waals surface area contributed by atoms with Crippen molar-refractivity contribution in [2.75, 3.05) is 21.0 Å². The molecule has 7 heteroatoms. The second-order valence-electron chi connectivity index (χ2n) is 6.30. The van der Waals surface area contributed by atoms with Crippen molar-refractivity contribution in [3.63, 3.8) is 0 Å². The Kier molecular flexibility index (Phi) is 9.92. The maximum atomic E-state index is 13.0. The molecule has 0 saturated heterocycles. The lowest BCUT2D eigenvalue weighted by molar-refractivity contribution is 0.0494. The highest BCUT2D eigenvalue weighted by Gasteiger charge is 2.23. The summed E-state index contributed by atoms with van der Waals surface area (Å²) < 4.78 is 16.0. The Morgan fingerprint density at radius 3 is 2.48 bits per heavy atom. The number of carbonyl (C=O) groups excluding carboxylic acids is 1. The van der Waals surface area contributed by atoms with Gasteiger partial charge in [-0.2, -0.15) is 0 Å². The molecule has 0 aliphatic rings. The molecule has 0 unspecified atom stereocenters. The minimum atomic E-state index is -0.307. The summed E-state index contributed by atoms with van der Waals surface area (Å²) in [5.41, 5.74) is 2.66. The van der Waals surface area contributed by atoms with Gasteiger partial charge in [0.25, 0.3) is 0 Å². The monoisotopic (exact) mass is 419 g/mol. The predicted octanol–water partition coefficient (Wildman–Crippen LogP) is 4.61. The standard InChI is InChI=1S/C22H25NO5.ClH/c1-15(2)5-7-17-19(25)13-20(27-4)21(22(17)28-14-26-3)18(24)8-6-16-9-11-23-12-10-16;/h5-6,8-13,25H,7,14H2,1-4H3;1H. The van der Waals surface area contributed by atoms with Crippen molar-refractivity contribution in [3.05, 3.63) is 65.0 Å². The van der Waals surface area contributed by atoms with Crippen LogP contribution in [0.15, 0.2) is 48.3 Å². The average molecular weight is 420 g/mol. The summed E-state index contributed by atoms with van der Waals surface area (Å²) in [6, 6.07) is 5.02. The van der Waals surface area contributed by atoms with E-state index in [2.05, 4.69) is 4.98 Å². The number of phenols is 1. The molecule has 0 atom stereocenters. The molecule has 156 valence electrons. The summed E-state index contributed by atoms with van der Waals surface area (Å²) >= 11 is 0. The van der Waals surface area contributed by atoms with Crippen molar-refractivity contribution in [1.29, 1.82) is 0 Å². The van der Waals surface area contributed by atoms with Crippen LogP contribution in [-0.2, 0) is 11.2 Å². The molecule has 0 aliphatic carbocycles. The Morgan fingerprint density at radius 2 is 1.90 bits per heavy atom. The second kappa shape index (κ2) is 11.9. The highest BCUT2D eigenvalue weighted by molar-refractivity contribution is 6.11. The van der Waals surface area contributed by atoms with Crippen molar-refractivity contribution in [2.45, 2.75) is 20.3 Å². The highest BCUT2D eigenvalue weighted by atomic mass is 35.5. The molecule has 29 heavy (non-hydrogen) atoms. The second-order valence-corrected chi connectivity index (χ2v) is 6.30. The summed E-state index contributed by atoms with van der Waals surface area (Å²) in [6.07, 6.45) is 8.78. The molecular formula is C22H26ClNO5. The first-order valence-corrected chi connectivity index (χ1v) is 8.78. The Labute approximate surface area is 177 Å². The van der Waals surface area contributed by atoms with Crippen molar-refractivity contribution in [1.82, 2.24) is 4.98 Å². The van der Waals surface area contributed by atoms with Crippen molar-refractivity contribution in [2.24, 2.45) is 0 Å². The number of carbonyl (C=O) groups is 1. The van der Waals surface area contributed by atoms with E-state index in [4.69, 9.17) is 14.2 Å². The molecule has 2 rings (SSSR count). The Morgan fingerprint density at radius 1 is 1.21 bits per heavy atom. The summed E-state index contributed by atoms with van der Waals surface area (Å²) in [5, 5.41) is 10.5. The van der Waals surface area contributed by atoms with E-state index < -0.39 is 0 Å². The molecule has 0 bridgehead atoms. The molecule has 0 spiro atoms. The topological polar surface area (TPSA) is 77.9 Å². The lowest BCUT2D eigenvalue weighted by Gasteiger charge is -2.18. The first-order valence-electron chi connectivity index (χ1n) is 8.78. The van der Waals surface area contributed by atoms with Gasteiger partial charge in [-0.1, -0.05) is 17.7 Å². The molecular weight excluding hydrogens is 394 g/mol. The minimum Gasteiger partial charge on any atom is -0.507 e. The molecule has 1 heterocycles. The van der Waals surface area contributed by atoms with Crippen LogP contribution >= 0.6 is 12.4 Å². The van der Waals surface area contributed by atoms with Gasteiger partial charge in [-0.25, -0.2) is 0 Å². The van der Waals surface area contributed by atoms with Crippen LogP contribution in [0.25, 0.3) is 6.08 Å². The van der Waals surface area contributed by atoms with E-state index >= 15 is 0 Å². The maximum Gasteiger partial charge on any atom is 0.193 e. The number of pyridine rings is 1. The predicted molar refractivity (Wildman–Crippen MR) is 115 cm³/mol. The number of aromatic nitrogens is 1. The molecule has 0 amide bonds. The Hall–Kier alpha value is -2.83. The van der Waals surface area contributed by atoms with E-state index in [9.17, 15) is 9.90 Å². The summed E-state index contributed by atoms with van der Waals surface area (Å²) in [7, 11) is 2.93. The van der Waals surface area contributed by atoms with Crippen LogP contribution in [0, 0.1) is 0 Å². The third-order valence-electron chi connectivity index (χ3n) is 3.96. The van der Waals surface area contributed by atoms with Gasteiger partial charge in [-0.05, 0) is 44.0 Å². The number of aromatic hydroxyl groups is 1. The number of halogens is 1. The van der Waals surface area contributed by atoms with Crippen LogP contribution in [0.2, 0.25) is 0 Å². The van der Waals surface area contributed by atoms with Gasteiger partial charge in [0.05, 0.1) is 7.11 Å². The first kappa shape index (κ1) is 24.2. The zero-order valence-electron chi connectivity index (χ0n) is 17.0. The number of benzene rings is 1. The van der Waals surface area contributed by atoms with Gasteiger partial charge in [0.15, 0.2) is 12.6 Å². The lowest BCUT2D eigenvalue weighted by atomic mass is 9.99. The molecule has 6 nitrogen and oxygen atoms in total. The quantitative estimate of drug-likeness (QED) is 0.277. The van der Waals surface area contributed by atoms with Gasteiger partial charge in [-0.15, -0.1) is 12.4 Å². The van der Waals surface area contributed by atoms with E-state index in [0.29, 0.717) is 12.0 Å². The number of rotatable bonds is 9. The summed E-state index contributed by atoms with van der Waals surface area (Å²) in [4.78, 5) is 16.9. The Bertz CT molecular complexity index is 875. The maximum absolute atomic E-state index is 13.0. The number of methoxy groups -OCH3 is 2. The zero-order chi connectivity index (χ0) is 20.5. The first-order chi connectivity index (χ1) is 13.5. The smallest absolute Gasteiger partial charge is 0.193 e. The molecule has 0 radical (unpaired) electrons. The average Bonchev–Trinajstić information content (AvgIpc) is 2.69. The molecule has 0 aliphatic heterocycles. The van der Waals surface area contributed by atoms with Gasteiger partial charge >= 0.3 is 0 Å². The van der Waals surface area contributed by atoms with Crippen molar-refractivity contribution < 1.29 is 24.1 Å². The van der Waals surface area contributed by atoms with E-state index in [0.717, 1.165) is 11.1 Å². The van der Waals surface area contributed by atoms with Gasteiger partial charge < -0.3 is 19.3 Å². The van der Waals surface area contributed by atoms with Crippen LogP contribution in [0.4, 0.5) is 0 Å². The van der Waals surface area contributed by atoms with Gasteiger partial charge in [0.1, 0.15) is 22.8 Å². The lowest BCUT2D eigenvalue weighted by Crippen LogP contribution is -2.09. The highest BCUT2D eigenvalue weighted by Crippen LogP contribution is 2.40. The fourth-order valence-corrected chi connectivity index (χ4v) is 2.57. The molecule has 1 aromatic carbocycles. The fourth-order valence-electron chi connectivity index (χ4n) is 2.57. The number of allylic oxidation sites excluding steroid dienone is 3. The van der Waals surface area contributed by atoms with Crippen LogP contribution in [0.1, 0.15) is 35.3 Å². The third-order valence-corrected chi connectivity index (χ3v) is 3.96. The Balaban J connectivity index is 0.00000420. The van der Waals surface area contributed by atoms with Crippen molar-refractivity contribution >= 4 is 24.3 Å². The SMILES string of the molecule is COCOc1c(CC=C(C)C)c(O)cc(OC)c1C(=O)C=Cc1ccncc1.Cl. The zero-order valence-corrected chi connectivity index (χ0v) is 17.8. The van der Waals surface area contributed by atoms with E-state index in [1.54, 1.807) is 30.6 Å². The van der Waals surface area contributed by atoms with Gasteiger partial charge in [0.2, 0.25) is 0 Å². The minimum absolute atomic E-state index is 0. The van der Waals surface area contributed by atoms with E-state index in [1.807, 2.05) is 19.9 Å². The van der Waals surface area contributed by atoms with E-state index in [-0.39, 0.29) is 47.8 Å². The largest absolute Gasteiger partial charge is 0.507 e. The summed E-state index contributed by atoms with van der Waals surface area (Å²) in [6.45, 7) is 3.85. The van der Waals surface area contributed by atoms with Gasteiger partial charge in [0, 0.05) is 31.1 Å². The normalized spacial score (nSPS) is 10.3. The van der Waals surface area contributed by atoms with E-state index in [1.165, 1.54) is 26.4 Å². The molecule has 1 N–H and O–H groups in total. The number of ketones is 1. The van der Waals surface area contributed by atoms with Crippen LogP contribution < -0.4 is 9.47 Å². The molecule has 1 aromatic heterocycles. The third kappa shape index (κ3) is 6.62. The van der Waals surface area contributed by atoms with Crippen LogP contribution in [-0.4, -0.2) is 36.9 Å². The number of phenolic OH excluding ortho intramolecular Hbond substituents is 1.